The maximum absolute atomic E-state index is 12.3. The van der Waals surface area contributed by atoms with Crippen molar-refractivity contribution < 1.29 is 4.79 Å². The molecule has 0 unspecified atom stereocenters. The third-order valence-electron chi connectivity index (χ3n) is 5.51. The van der Waals surface area contributed by atoms with Gasteiger partial charge in [0.25, 0.3) is 0 Å². The van der Waals surface area contributed by atoms with Crippen molar-refractivity contribution in [1.82, 2.24) is 24.6 Å². The smallest absolute Gasteiger partial charge is 0.220 e. The highest BCUT2D eigenvalue weighted by Crippen LogP contribution is 2.23. The molecule has 4 rings (SSSR count). The maximum Gasteiger partial charge on any atom is 0.220 e. The van der Waals surface area contributed by atoms with Crippen LogP contribution in [0.3, 0.4) is 0 Å². The number of aromatic nitrogens is 3. The zero-order valence-electron chi connectivity index (χ0n) is 19.5. The van der Waals surface area contributed by atoms with E-state index in [1.165, 1.54) is 5.56 Å². The summed E-state index contributed by atoms with van der Waals surface area (Å²) in [6.45, 7) is 2.37. The zero-order chi connectivity index (χ0) is 23.6. The molecule has 0 spiro atoms. The van der Waals surface area contributed by atoms with E-state index in [9.17, 15) is 4.79 Å². The van der Waals surface area contributed by atoms with Crippen molar-refractivity contribution in [2.45, 2.75) is 18.7 Å². The molecule has 7 heteroatoms. The Labute approximate surface area is 205 Å². The molecule has 34 heavy (non-hydrogen) atoms. The molecule has 4 aromatic rings. The van der Waals surface area contributed by atoms with E-state index in [0.29, 0.717) is 13.0 Å². The number of amides is 1. The number of nitrogens with zero attached hydrogens (tertiary/aromatic N) is 4. The standard InChI is InChI=1S/C27H31N5OS/c1-30(21-23-10-4-2-5-11-23)18-15-28-26(33)14-19-34-22-24-20-29-32(25-12-6-3-7-13-25)27(24)31-16-8-9-17-31/h2-13,16-17,20H,14-15,18-19,21-22H2,1H3,(H,28,33). The number of nitrogens with one attached hydrogen (secondary N) is 1. The maximum atomic E-state index is 12.3. The van der Waals surface area contributed by atoms with Gasteiger partial charge >= 0.3 is 0 Å². The Morgan fingerprint density at radius 2 is 1.71 bits per heavy atom. The Bertz CT molecular complexity index is 1140. The quantitative estimate of drug-likeness (QED) is 0.307. The van der Waals surface area contributed by atoms with E-state index in [4.69, 9.17) is 0 Å². The van der Waals surface area contributed by atoms with E-state index in [0.717, 1.165) is 41.7 Å². The minimum atomic E-state index is 0.103. The van der Waals surface area contributed by atoms with E-state index in [1.54, 1.807) is 11.8 Å². The number of rotatable bonds is 12. The van der Waals surface area contributed by atoms with Crippen molar-refractivity contribution in [3.05, 3.63) is 103 Å². The normalized spacial score (nSPS) is 11.1. The van der Waals surface area contributed by atoms with Gasteiger partial charge in [0.2, 0.25) is 5.91 Å². The van der Waals surface area contributed by atoms with Crippen molar-refractivity contribution in [3.63, 3.8) is 0 Å². The Hall–Kier alpha value is -3.29. The summed E-state index contributed by atoms with van der Waals surface area (Å²) in [6, 6.07) is 24.6. The van der Waals surface area contributed by atoms with Crippen molar-refractivity contribution in [2.24, 2.45) is 0 Å². The lowest BCUT2D eigenvalue weighted by Crippen LogP contribution is -2.32. The highest BCUT2D eigenvalue weighted by atomic mass is 32.2. The van der Waals surface area contributed by atoms with Gasteiger partial charge in [-0.25, -0.2) is 4.68 Å². The fraction of sp³-hybridized carbons (Fsp3) is 0.259. The average Bonchev–Trinajstić information content (AvgIpc) is 3.53. The zero-order valence-corrected chi connectivity index (χ0v) is 20.3. The minimum absolute atomic E-state index is 0.103. The van der Waals surface area contributed by atoms with E-state index in [-0.39, 0.29) is 5.91 Å². The third-order valence-corrected chi connectivity index (χ3v) is 6.52. The Morgan fingerprint density at radius 3 is 2.44 bits per heavy atom. The van der Waals surface area contributed by atoms with Gasteiger partial charge in [-0.2, -0.15) is 16.9 Å². The van der Waals surface area contributed by atoms with Gasteiger partial charge in [0.1, 0.15) is 5.82 Å². The van der Waals surface area contributed by atoms with E-state index < -0.39 is 0 Å². The Morgan fingerprint density at radius 1 is 1.00 bits per heavy atom. The molecule has 1 amide bonds. The summed E-state index contributed by atoms with van der Waals surface area (Å²) in [5.41, 5.74) is 3.45. The molecule has 1 N–H and O–H groups in total. The minimum Gasteiger partial charge on any atom is -0.355 e. The second-order valence-corrected chi connectivity index (χ2v) is 9.31. The molecular formula is C27H31N5OS. The topological polar surface area (TPSA) is 55.1 Å². The fourth-order valence-corrected chi connectivity index (χ4v) is 4.68. The first-order valence-corrected chi connectivity index (χ1v) is 12.7. The third kappa shape index (κ3) is 6.62. The van der Waals surface area contributed by atoms with Crippen LogP contribution in [0.15, 0.2) is 91.4 Å². The number of carbonyl (C=O) groups is 1. The van der Waals surface area contributed by atoms with Crippen LogP contribution >= 0.6 is 11.8 Å². The molecule has 0 saturated heterocycles. The van der Waals surface area contributed by atoms with E-state index in [1.807, 2.05) is 59.7 Å². The van der Waals surface area contributed by atoms with Gasteiger partial charge in [-0.1, -0.05) is 48.5 Å². The number of likely N-dealkylation sites (N-methyl/N-ethyl adjacent to an activating group) is 1. The van der Waals surface area contributed by atoms with Crippen LogP contribution in [0.25, 0.3) is 11.5 Å². The number of hydrogen-bond acceptors (Lipinski definition) is 4. The number of carbonyl (C=O) groups excluding carboxylic acids is 1. The molecular weight excluding hydrogens is 442 g/mol. The first-order chi connectivity index (χ1) is 16.7. The van der Waals surface area contributed by atoms with Crippen LogP contribution in [0.4, 0.5) is 0 Å². The van der Waals surface area contributed by atoms with Crippen LogP contribution in [-0.2, 0) is 17.1 Å². The molecule has 0 radical (unpaired) electrons. The van der Waals surface area contributed by atoms with Gasteiger partial charge in [-0.3, -0.25) is 4.79 Å². The van der Waals surface area contributed by atoms with Crippen LogP contribution < -0.4 is 5.32 Å². The lowest BCUT2D eigenvalue weighted by Gasteiger charge is -2.17. The monoisotopic (exact) mass is 473 g/mol. The van der Waals surface area contributed by atoms with Crippen molar-refractivity contribution in [1.29, 1.82) is 0 Å². The van der Waals surface area contributed by atoms with Crippen molar-refractivity contribution in [3.8, 4) is 11.5 Å². The van der Waals surface area contributed by atoms with Gasteiger partial charge in [0, 0.05) is 55.5 Å². The largest absolute Gasteiger partial charge is 0.355 e. The predicted octanol–water partition coefficient (Wildman–Crippen LogP) is 4.53. The second kappa shape index (κ2) is 12.3. The Balaban J connectivity index is 1.22. The number of benzene rings is 2. The first-order valence-electron chi connectivity index (χ1n) is 11.5. The lowest BCUT2D eigenvalue weighted by atomic mass is 10.2. The van der Waals surface area contributed by atoms with Crippen LogP contribution in [0, 0.1) is 0 Å². The van der Waals surface area contributed by atoms with Gasteiger partial charge in [0.05, 0.1) is 11.9 Å². The van der Waals surface area contributed by atoms with Crippen LogP contribution in [0.1, 0.15) is 17.5 Å². The molecule has 6 nitrogen and oxygen atoms in total. The second-order valence-electron chi connectivity index (χ2n) is 8.21. The molecule has 2 heterocycles. The van der Waals surface area contributed by atoms with Crippen LogP contribution in [-0.4, -0.2) is 51.0 Å². The van der Waals surface area contributed by atoms with E-state index in [2.05, 4.69) is 63.3 Å². The van der Waals surface area contributed by atoms with Gasteiger partial charge in [-0.15, -0.1) is 0 Å². The molecule has 2 aromatic heterocycles. The van der Waals surface area contributed by atoms with Crippen molar-refractivity contribution in [2.75, 3.05) is 25.9 Å². The van der Waals surface area contributed by atoms with E-state index >= 15 is 0 Å². The number of thioether (sulfide) groups is 1. The molecule has 0 aliphatic carbocycles. The highest BCUT2D eigenvalue weighted by molar-refractivity contribution is 7.98. The highest BCUT2D eigenvalue weighted by Gasteiger charge is 2.14. The predicted molar refractivity (Wildman–Crippen MR) is 139 cm³/mol. The Kier molecular flexibility index (Phi) is 8.60. The molecule has 0 saturated carbocycles. The molecule has 0 bridgehead atoms. The van der Waals surface area contributed by atoms with Crippen LogP contribution in [0.2, 0.25) is 0 Å². The molecule has 0 aliphatic heterocycles. The SMILES string of the molecule is CN(CCNC(=O)CCSCc1cnn(-c2ccccc2)c1-n1cccc1)Cc1ccccc1. The summed E-state index contributed by atoms with van der Waals surface area (Å²) in [5.74, 6) is 2.71. The lowest BCUT2D eigenvalue weighted by molar-refractivity contribution is -0.120. The summed E-state index contributed by atoms with van der Waals surface area (Å²) in [4.78, 5) is 14.5. The molecule has 0 atom stereocenters. The van der Waals surface area contributed by atoms with Gasteiger partial charge in [-0.05, 0) is 36.9 Å². The van der Waals surface area contributed by atoms with Gasteiger partial charge in [0.15, 0.2) is 0 Å². The molecule has 0 aliphatic rings. The molecule has 176 valence electrons. The summed E-state index contributed by atoms with van der Waals surface area (Å²) in [7, 11) is 2.08. The summed E-state index contributed by atoms with van der Waals surface area (Å²) < 4.78 is 4.06. The van der Waals surface area contributed by atoms with Crippen molar-refractivity contribution >= 4 is 17.7 Å². The summed E-state index contributed by atoms with van der Waals surface area (Å²) in [5, 5.41) is 7.68. The summed E-state index contributed by atoms with van der Waals surface area (Å²) in [6.07, 6.45) is 6.51. The van der Waals surface area contributed by atoms with Gasteiger partial charge < -0.3 is 14.8 Å². The van der Waals surface area contributed by atoms with Crippen LogP contribution in [0.5, 0.6) is 0 Å². The average molecular weight is 474 g/mol. The number of hydrogen-bond donors (Lipinski definition) is 1. The summed E-state index contributed by atoms with van der Waals surface area (Å²) >= 11 is 1.76. The molecule has 2 aromatic carbocycles. The molecule has 0 fully saturated rings. The fourth-order valence-electron chi connectivity index (χ4n) is 3.78. The number of para-hydroxylation sites is 1. The first kappa shape index (κ1) is 23.9.